The van der Waals surface area contributed by atoms with Crippen molar-refractivity contribution in [3.8, 4) is 0 Å². The third-order valence-corrected chi connectivity index (χ3v) is 5.97. The van der Waals surface area contributed by atoms with Gasteiger partial charge in [0.05, 0.1) is 0 Å². The first-order chi connectivity index (χ1) is 13.0. The van der Waals surface area contributed by atoms with Crippen LogP contribution in [0, 0.1) is 0 Å². The second-order valence-electron chi connectivity index (χ2n) is 6.92. The van der Waals surface area contributed by atoms with E-state index in [1.165, 1.54) is 0 Å². The quantitative estimate of drug-likeness (QED) is 0.667. The van der Waals surface area contributed by atoms with Crippen molar-refractivity contribution in [2.24, 2.45) is 0 Å². The van der Waals surface area contributed by atoms with Crippen LogP contribution in [0.1, 0.15) is 30.4 Å². The molecule has 1 N–H and O–H groups in total. The number of nitrogens with one attached hydrogen (secondary N) is 1. The maximum atomic E-state index is 12.4. The number of carbonyl (C=O) groups excluding carboxylic acids is 1. The summed E-state index contributed by atoms with van der Waals surface area (Å²) in [6.45, 7) is 1.94. The second kappa shape index (κ2) is 9.29. The molecule has 1 aliphatic heterocycles. The molecule has 27 heavy (non-hydrogen) atoms. The molecule has 6 heteroatoms. The highest BCUT2D eigenvalue weighted by molar-refractivity contribution is 6.35. The van der Waals surface area contributed by atoms with Crippen molar-refractivity contribution >= 4 is 40.7 Å². The predicted octanol–water partition coefficient (Wildman–Crippen LogP) is 5.44. The SMILES string of the molecule is O=C(CCc1ccc(Cl)cc1Cl)NCC1(c2cccc(Cl)c2)CCOCC1. The third kappa shape index (κ3) is 5.39. The molecule has 2 aromatic carbocycles. The fraction of sp³-hybridized carbons (Fsp3) is 0.381. The van der Waals surface area contributed by atoms with Crippen LogP contribution in [-0.4, -0.2) is 25.7 Å². The van der Waals surface area contributed by atoms with Gasteiger partial charge in [-0.25, -0.2) is 0 Å². The van der Waals surface area contributed by atoms with Gasteiger partial charge in [0.15, 0.2) is 0 Å². The lowest BCUT2D eigenvalue weighted by molar-refractivity contribution is -0.121. The van der Waals surface area contributed by atoms with Crippen LogP contribution in [0.4, 0.5) is 0 Å². The molecule has 0 bridgehead atoms. The Labute approximate surface area is 175 Å². The second-order valence-corrected chi connectivity index (χ2v) is 8.20. The Morgan fingerprint density at radius 3 is 2.48 bits per heavy atom. The normalized spacial score (nSPS) is 16.1. The van der Waals surface area contributed by atoms with Gasteiger partial charge in [0.25, 0.3) is 0 Å². The molecule has 3 rings (SSSR count). The summed E-state index contributed by atoms with van der Waals surface area (Å²) in [5, 5.41) is 5.00. The topological polar surface area (TPSA) is 38.3 Å². The van der Waals surface area contributed by atoms with Gasteiger partial charge >= 0.3 is 0 Å². The highest BCUT2D eigenvalue weighted by atomic mass is 35.5. The molecule has 0 aromatic heterocycles. The molecule has 1 fully saturated rings. The Bertz CT molecular complexity index is 804. The zero-order chi connectivity index (χ0) is 19.3. The van der Waals surface area contributed by atoms with E-state index in [9.17, 15) is 4.79 Å². The number of ether oxygens (including phenoxy) is 1. The summed E-state index contributed by atoms with van der Waals surface area (Å²) < 4.78 is 5.54. The molecule has 1 aliphatic rings. The van der Waals surface area contributed by atoms with E-state index in [2.05, 4.69) is 11.4 Å². The smallest absolute Gasteiger partial charge is 0.220 e. The van der Waals surface area contributed by atoms with Gasteiger partial charge in [0.1, 0.15) is 0 Å². The van der Waals surface area contributed by atoms with Crippen LogP contribution in [-0.2, 0) is 21.4 Å². The average molecular weight is 427 g/mol. The molecule has 0 spiro atoms. The van der Waals surface area contributed by atoms with Gasteiger partial charge in [0.2, 0.25) is 5.91 Å². The van der Waals surface area contributed by atoms with E-state index in [0.29, 0.717) is 47.7 Å². The zero-order valence-electron chi connectivity index (χ0n) is 14.9. The number of amides is 1. The zero-order valence-corrected chi connectivity index (χ0v) is 17.2. The molecule has 1 amide bonds. The minimum atomic E-state index is -0.142. The van der Waals surface area contributed by atoms with E-state index in [0.717, 1.165) is 24.0 Å². The fourth-order valence-electron chi connectivity index (χ4n) is 3.48. The number of hydrogen-bond acceptors (Lipinski definition) is 2. The molecule has 1 saturated heterocycles. The summed E-state index contributed by atoms with van der Waals surface area (Å²) in [6, 6.07) is 13.3. The van der Waals surface area contributed by atoms with Crippen LogP contribution in [0.2, 0.25) is 15.1 Å². The van der Waals surface area contributed by atoms with E-state index < -0.39 is 0 Å². The number of aryl methyl sites for hydroxylation is 1. The van der Waals surface area contributed by atoms with E-state index in [1.807, 2.05) is 24.3 Å². The van der Waals surface area contributed by atoms with Gasteiger partial charge in [0, 0.05) is 46.7 Å². The van der Waals surface area contributed by atoms with Crippen molar-refractivity contribution in [2.75, 3.05) is 19.8 Å². The van der Waals surface area contributed by atoms with E-state index in [-0.39, 0.29) is 11.3 Å². The third-order valence-electron chi connectivity index (χ3n) is 5.15. The molecule has 3 nitrogen and oxygen atoms in total. The number of hydrogen-bond donors (Lipinski definition) is 1. The van der Waals surface area contributed by atoms with Crippen molar-refractivity contribution < 1.29 is 9.53 Å². The summed E-state index contributed by atoms with van der Waals surface area (Å²) in [7, 11) is 0. The number of carbonyl (C=O) groups is 1. The van der Waals surface area contributed by atoms with Gasteiger partial charge in [-0.05, 0) is 54.7 Å². The Hall–Kier alpha value is -1.26. The van der Waals surface area contributed by atoms with Crippen molar-refractivity contribution in [3.05, 3.63) is 68.7 Å². The Balaban J connectivity index is 1.62. The van der Waals surface area contributed by atoms with E-state index >= 15 is 0 Å². The molecule has 0 unspecified atom stereocenters. The Morgan fingerprint density at radius 2 is 1.78 bits per heavy atom. The molecular weight excluding hydrogens is 405 g/mol. The minimum absolute atomic E-state index is 0.00825. The van der Waals surface area contributed by atoms with Crippen LogP contribution >= 0.6 is 34.8 Å². The maximum Gasteiger partial charge on any atom is 0.220 e. The van der Waals surface area contributed by atoms with Gasteiger partial charge in [-0.2, -0.15) is 0 Å². The van der Waals surface area contributed by atoms with Crippen molar-refractivity contribution in [3.63, 3.8) is 0 Å². The molecule has 0 aliphatic carbocycles. The Kier molecular flexibility index (Phi) is 7.04. The summed E-state index contributed by atoms with van der Waals surface area (Å²) >= 11 is 18.3. The summed E-state index contributed by atoms with van der Waals surface area (Å²) in [4.78, 5) is 12.4. The average Bonchev–Trinajstić information content (AvgIpc) is 2.66. The van der Waals surface area contributed by atoms with Crippen molar-refractivity contribution in [1.82, 2.24) is 5.32 Å². The molecule has 0 radical (unpaired) electrons. The summed E-state index contributed by atoms with van der Waals surface area (Å²) in [6.07, 6.45) is 2.67. The molecule has 1 heterocycles. The summed E-state index contributed by atoms with van der Waals surface area (Å²) in [5.74, 6) is 0.00825. The van der Waals surface area contributed by atoms with Gasteiger partial charge in [-0.3, -0.25) is 4.79 Å². The predicted molar refractivity (Wildman–Crippen MR) is 111 cm³/mol. The monoisotopic (exact) mass is 425 g/mol. The number of benzene rings is 2. The number of halogens is 3. The van der Waals surface area contributed by atoms with Gasteiger partial charge in [-0.15, -0.1) is 0 Å². The molecule has 0 saturated carbocycles. The standard InChI is InChI=1S/C21H22Cl3NO2/c22-17-3-1-2-16(12-17)21(8-10-27-11-9-21)14-25-20(26)7-5-15-4-6-18(23)13-19(15)24/h1-4,6,12-13H,5,7-11,14H2,(H,25,26). The van der Waals surface area contributed by atoms with Crippen LogP contribution in [0.25, 0.3) is 0 Å². The van der Waals surface area contributed by atoms with Crippen molar-refractivity contribution in [2.45, 2.75) is 31.1 Å². The lowest BCUT2D eigenvalue weighted by Crippen LogP contribution is -2.44. The highest BCUT2D eigenvalue weighted by Gasteiger charge is 2.35. The van der Waals surface area contributed by atoms with Crippen molar-refractivity contribution in [1.29, 1.82) is 0 Å². The molecule has 144 valence electrons. The first kappa shape index (κ1) is 20.5. The van der Waals surface area contributed by atoms with Crippen LogP contribution in [0.15, 0.2) is 42.5 Å². The molecular formula is C21H22Cl3NO2. The Morgan fingerprint density at radius 1 is 1.04 bits per heavy atom. The van der Waals surface area contributed by atoms with Crippen LogP contribution in [0.3, 0.4) is 0 Å². The van der Waals surface area contributed by atoms with Gasteiger partial charge in [-0.1, -0.05) is 53.0 Å². The largest absolute Gasteiger partial charge is 0.381 e. The van der Waals surface area contributed by atoms with Crippen LogP contribution < -0.4 is 5.32 Å². The first-order valence-corrected chi connectivity index (χ1v) is 10.2. The maximum absolute atomic E-state index is 12.4. The molecule has 2 aromatic rings. The highest BCUT2D eigenvalue weighted by Crippen LogP contribution is 2.35. The first-order valence-electron chi connectivity index (χ1n) is 9.03. The van der Waals surface area contributed by atoms with Crippen LogP contribution in [0.5, 0.6) is 0 Å². The van der Waals surface area contributed by atoms with Gasteiger partial charge < -0.3 is 10.1 Å². The fourth-order valence-corrected chi connectivity index (χ4v) is 4.17. The lowest BCUT2D eigenvalue weighted by Gasteiger charge is -2.38. The minimum Gasteiger partial charge on any atom is -0.381 e. The molecule has 0 atom stereocenters. The lowest BCUT2D eigenvalue weighted by atomic mass is 9.74. The summed E-state index contributed by atoms with van der Waals surface area (Å²) in [5.41, 5.74) is 1.93. The van der Waals surface area contributed by atoms with E-state index in [4.69, 9.17) is 39.5 Å². The van der Waals surface area contributed by atoms with E-state index in [1.54, 1.807) is 12.1 Å². The number of rotatable bonds is 6.